The van der Waals surface area contributed by atoms with Gasteiger partial charge in [-0.05, 0) is 38.4 Å². The minimum atomic E-state index is 0.0824. The second-order valence-electron chi connectivity index (χ2n) is 5.70. The van der Waals surface area contributed by atoms with Crippen LogP contribution in [-0.4, -0.2) is 54.3 Å². The van der Waals surface area contributed by atoms with Gasteiger partial charge in [-0.25, -0.2) is 4.79 Å². The van der Waals surface area contributed by atoms with E-state index in [-0.39, 0.29) is 12.1 Å². The molecule has 0 aliphatic carbocycles. The van der Waals surface area contributed by atoms with E-state index in [2.05, 4.69) is 26.1 Å². The normalized spacial score (nSPS) is 21.6. The molecule has 20 heavy (non-hydrogen) atoms. The van der Waals surface area contributed by atoms with Crippen LogP contribution in [0.5, 0.6) is 0 Å². The first-order valence-electron chi connectivity index (χ1n) is 7.80. The quantitative estimate of drug-likeness (QED) is 0.820. The van der Waals surface area contributed by atoms with Gasteiger partial charge in [-0.2, -0.15) is 11.8 Å². The zero-order valence-electron chi connectivity index (χ0n) is 13.4. The molecule has 1 heterocycles. The number of thioether (sulfide) groups is 1. The molecule has 1 rings (SSSR count). The van der Waals surface area contributed by atoms with Crippen LogP contribution in [0.4, 0.5) is 4.79 Å². The van der Waals surface area contributed by atoms with E-state index in [0.717, 1.165) is 37.5 Å². The molecule has 0 radical (unpaired) electrons. The molecule has 118 valence electrons. The van der Waals surface area contributed by atoms with Gasteiger partial charge in [0.15, 0.2) is 0 Å². The van der Waals surface area contributed by atoms with Gasteiger partial charge in [0.1, 0.15) is 0 Å². The molecule has 1 fully saturated rings. The highest BCUT2D eigenvalue weighted by Gasteiger charge is 2.22. The lowest BCUT2D eigenvalue weighted by atomic mass is 10.0. The van der Waals surface area contributed by atoms with Crippen LogP contribution in [0.3, 0.4) is 0 Å². The second kappa shape index (κ2) is 9.50. The summed E-state index contributed by atoms with van der Waals surface area (Å²) < 4.78 is 5.70. The number of ether oxygens (including phenoxy) is 1. The molecular formula is C15H30N2O2S. The third-order valence-electron chi connectivity index (χ3n) is 3.78. The molecule has 0 spiro atoms. The Bertz CT molecular complexity index is 287. The van der Waals surface area contributed by atoms with Crippen molar-refractivity contribution in [3.8, 4) is 0 Å². The fourth-order valence-electron chi connectivity index (χ4n) is 2.44. The van der Waals surface area contributed by atoms with E-state index in [9.17, 15) is 4.79 Å². The number of rotatable bonds is 6. The lowest BCUT2D eigenvalue weighted by Gasteiger charge is -2.28. The van der Waals surface area contributed by atoms with Gasteiger partial charge in [0.05, 0.1) is 6.10 Å². The highest BCUT2D eigenvalue weighted by molar-refractivity contribution is 7.99. The number of hydrogen-bond acceptors (Lipinski definition) is 3. The maximum absolute atomic E-state index is 12.2. The van der Waals surface area contributed by atoms with Gasteiger partial charge in [-0.15, -0.1) is 0 Å². The van der Waals surface area contributed by atoms with E-state index < -0.39 is 0 Å². The van der Waals surface area contributed by atoms with Gasteiger partial charge >= 0.3 is 6.03 Å². The smallest absolute Gasteiger partial charge is 0.317 e. The Hall–Kier alpha value is -0.420. The van der Waals surface area contributed by atoms with Crippen LogP contribution in [0.25, 0.3) is 0 Å². The van der Waals surface area contributed by atoms with Crippen LogP contribution < -0.4 is 5.32 Å². The summed E-state index contributed by atoms with van der Waals surface area (Å²) in [6.07, 6.45) is 2.21. The standard InChI is InChI=1S/C15H30N2O2S/c1-5-19-14(12(2)3)6-8-16-15(18)17-9-11-20-10-7-13(17)4/h12-14H,5-11H2,1-4H3,(H,16,18)/t13-,14-/m1/s1. The Balaban J connectivity index is 2.34. The first-order valence-corrected chi connectivity index (χ1v) is 8.95. The Labute approximate surface area is 128 Å². The van der Waals surface area contributed by atoms with Gasteiger partial charge < -0.3 is 15.0 Å². The number of carbonyl (C=O) groups excluding carboxylic acids is 1. The number of nitrogens with one attached hydrogen (secondary N) is 1. The molecule has 1 aliphatic heterocycles. The summed E-state index contributed by atoms with van der Waals surface area (Å²) in [5.41, 5.74) is 0. The topological polar surface area (TPSA) is 41.6 Å². The maximum atomic E-state index is 12.2. The van der Waals surface area contributed by atoms with Gasteiger partial charge in [0, 0.05) is 31.5 Å². The number of nitrogens with zero attached hydrogens (tertiary/aromatic N) is 1. The number of hydrogen-bond donors (Lipinski definition) is 1. The van der Waals surface area contributed by atoms with E-state index in [0.29, 0.717) is 18.5 Å². The third kappa shape index (κ3) is 5.92. The maximum Gasteiger partial charge on any atom is 0.317 e. The molecule has 0 unspecified atom stereocenters. The Kier molecular flexibility index (Phi) is 8.38. The lowest BCUT2D eigenvalue weighted by molar-refractivity contribution is 0.0253. The molecule has 1 N–H and O–H groups in total. The predicted molar refractivity (Wildman–Crippen MR) is 86.4 cm³/mol. The zero-order valence-corrected chi connectivity index (χ0v) is 14.2. The Morgan fingerprint density at radius 1 is 1.45 bits per heavy atom. The average molecular weight is 302 g/mol. The Morgan fingerprint density at radius 3 is 2.85 bits per heavy atom. The largest absolute Gasteiger partial charge is 0.378 e. The van der Waals surface area contributed by atoms with Crippen LogP contribution in [0.2, 0.25) is 0 Å². The molecule has 1 aliphatic rings. The van der Waals surface area contributed by atoms with Crippen LogP contribution in [0, 0.1) is 5.92 Å². The molecule has 2 atom stereocenters. The highest BCUT2D eigenvalue weighted by atomic mass is 32.2. The summed E-state index contributed by atoms with van der Waals surface area (Å²) in [7, 11) is 0. The second-order valence-corrected chi connectivity index (χ2v) is 6.93. The van der Waals surface area contributed by atoms with E-state index in [1.165, 1.54) is 0 Å². The van der Waals surface area contributed by atoms with Gasteiger partial charge in [-0.1, -0.05) is 13.8 Å². The van der Waals surface area contributed by atoms with Crippen LogP contribution in [-0.2, 0) is 4.74 Å². The lowest BCUT2D eigenvalue weighted by Crippen LogP contribution is -2.46. The van der Waals surface area contributed by atoms with Crippen molar-refractivity contribution in [3.05, 3.63) is 0 Å². The van der Waals surface area contributed by atoms with Crippen LogP contribution >= 0.6 is 11.8 Å². The molecule has 5 heteroatoms. The van der Waals surface area contributed by atoms with Crippen molar-refractivity contribution in [1.82, 2.24) is 10.2 Å². The zero-order chi connectivity index (χ0) is 15.0. The van der Waals surface area contributed by atoms with Gasteiger partial charge in [0.2, 0.25) is 0 Å². The Morgan fingerprint density at radius 2 is 2.20 bits per heavy atom. The van der Waals surface area contributed by atoms with Crippen molar-refractivity contribution in [2.75, 3.05) is 31.2 Å². The van der Waals surface area contributed by atoms with Crippen molar-refractivity contribution in [2.24, 2.45) is 5.92 Å². The third-order valence-corrected chi connectivity index (χ3v) is 4.77. The SMILES string of the molecule is CCO[C@H](CCNC(=O)N1CCSCC[C@H]1C)C(C)C. The summed E-state index contributed by atoms with van der Waals surface area (Å²) in [5.74, 6) is 2.69. The first-order chi connectivity index (χ1) is 9.56. The minimum absolute atomic E-state index is 0.0824. The summed E-state index contributed by atoms with van der Waals surface area (Å²) in [4.78, 5) is 14.2. The molecular weight excluding hydrogens is 272 g/mol. The number of carbonyl (C=O) groups is 1. The molecule has 2 amide bonds. The van der Waals surface area contributed by atoms with Gasteiger partial charge in [0.25, 0.3) is 0 Å². The summed E-state index contributed by atoms with van der Waals surface area (Å²) in [6, 6.07) is 0.428. The average Bonchev–Trinajstić information content (AvgIpc) is 2.62. The molecule has 0 aromatic carbocycles. The van der Waals surface area contributed by atoms with E-state index in [1.54, 1.807) is 0 Å². The molecule has 0 aromatic rings. The van der Waals surface area contributed by atoms with Crippen molar-refractivity contribution < 1.29 is 9.53 Å². The molecule has 0 saturated carbocycles. The molecule has 0 bridgehead atoms. The molecule has 4 nitrogen and oxygen atoms in total. The number of amides is 2. The predicted octanol–water partition coefficient (Wildman–Crippen LogP) is 2.97. The van der Waals surface area contributed by atoms with Gasteiger partial charge in [-0.3, -0.25) is 0 Å². The minimum Gasteiger partial charge on any atom is -0.378 e. The molecule has 0 aromatic heterocycles. The summed E-state index contributed by atoms with van der Waals surface area (Å²) in [6.45, 7) is 10.8. The monoisotopic (exact) mass is 302 g/mol. The van der Waals surface area contributed by atoms with E-state index in [1.807, 2.05) is 23.6 Å². The van der Waals surface area contributed by atoms with E-state index >= 15 is 0 Å². The molecule has 1 saturated heterocycles. The first kappa shape index (κ1) is 17.6. The highest BCUT2D eigenvalue weighted by Crippen LogP contribution is 2.16. The van der Waals surface area contributed by atoms with Crippen LogP contribution in [0.1, 0.15) is 40.5 Å². The number of urea groups is 1. The van der Waals surface area contributed by atoms with Crippen molar-refractivity contribution in [3.63, 3.8) is 0 Å². The van der Waals surface area contributed by atoms with Crippen LogP contribution in [0.15, 0.2) is 0 Å². The van der Waals surface area contributed by atoms with E-state index in [4.69, 9.17) is 4.74 Å². The van der Waals surface area contributed by atoms with Crippen molar-refractivity contribution >= 4 is 17.8 Å². The summed E-state index contributed by atoms with van der Waals surface area (Å²) >= 11 is 1.94. The van der Waals surface area contributed by atoms with Crippen molar-refractivity contribution in [2.45, 2.75) is 52.7 Å². The fourth-order valence-corrected chi connectivity index (χ4v) is 3.48. The fraction of sp³-hybridized carbons (Fsp3) is 0.933. The summed E-state index contributed by atoms with van der Waals surface area (Å²) in [5, 5.41) is 3.05. The van der Waals surface area contributed by atoms with Crippen molar-refractivity contribution in [1.29, 1.82) is 0 Å².